The van der Waals surface area contributed by atoms with Gasteiger partial charge in [0.25, 0.3) is 0 Å². The smallest absolute Gasteiger partial charge is 0.322 e. The van der Waals surface area contributed by atoms with Crippen LogP contribution in [0.3, 0.4) is 0 Å². The molecular weight excluding hydrogens is 336 g/mol. The van der Waals surface area contributed by atoms with Gasteiger partial charge in [-0.05, 0) is 50.1 Å². The van der Waals surface area contributed by atoms with E-state index >= 15 is 0 Å². The van der Waals surface area contributed by atoms with Crippen molar-refractivity contribution in [2.75, 3.05) is 18.4 Å². The van der Waals surface area contributed by atoms with Crippen LogP contribution < -0.4 is 5.32 Å². The first-order valence-electron chi connectivity index (χ1n) is 9.41. The lowest BCUT2D eigenvalue weighted by Crippen LogP contribution is -2.37. The highest BCUT2D eigenvalue weighted by molar-refractivity contribution is 5.93. The molecule has 27 heavy (non-hydrogen) atoms. The first-order valence-corrected chi connectivity index (χ1v) is 9.41. The average Bonchev–Trinajstić information content (AvgIpc) is 3.09. The summed E-state index contributed by atoms with van der Waals surface area (Å²) in [6, 6.07) is 11.9. The second-order valence-electron chi connectivity index (χ2n) is 6.92. The molecule has 1 aliphatic rings. The van der Waals surface area contributed by atoms with Gasteiger partial charge in [0.2, 0.25) is 0 Å². The Morgan fingerprint density at radius 2 is 2.04 bits per heavy atom. The summed E-state index contributed by atoms with van der Waals surface area (Å²) >= 11 is 0. The quantitative estimate of drug-likeness (QED) is 0.737. The Bertz CT molecular complexity index is 1000. The largest absolute Gasteiger partial charge is 0.332 e. The Morgan fingerprint density at radius 3 is 2.74 bits per heavy atom. The molecule has 0 unspecified atom stereocenters. The highest BCUT2D eigenvalue weighted by Gasteiger charge is 2.20. The fraction of sp³-hybridized carbons (Fsp3) is 0.273. The van der Waals surface area contributed by atoms with Crippen molar-refractivity contribution in [3.05, 3.63) is 66.0 Å². The van der Waals surface area contributed by atoms with Crippen molar-refractivity contribution in [3.63, 3.8) is 0 Å². The third kappa shape index (κ3) is 3.45. The topological polar surface area (TPSA) is 50.2 Å². The van der Waals surface area contributed by atoms with E-state index in [0.717, 1.165) is 24.3 Å². The fourth-order valence-corrected chi connectivity index (χ4v) is 3.56. The molecule has 2 amide bonds. The Balaban J connectivity index is 1.50. The number of pyridine rings is 1. The van der Waals surface area contributed by atoms with Crippen molar-refractivity contribution >= 4 is 28.3 Å². The number of anilines is 1. The maximum Gasteiger partial charge on any atom is 0.322 e. The molecule has 0 fully saturated rings. The minimum Gasteiger partial charge on any atom is -0.332 e. The number of urea groups is 1. The van der Waals surface area contributed by atoms with Crippen LogP contribution in [0.1, 0.15) is 24.5 Å². The number of hydrogen-bond acceptors (Lipinski definition) is 2. The van der Waals surface area contributed by atoms with Crippen LogP contribution in [0, 0.1) is 6.92 Å². The summed E-state index contributed by atoms with van der Waals surface area (Å²) in [5.74, 6) is 0. The molecular formula is C22H24N4O. The number of nitrogens with one attached hydrogen (secondary N) is 1. The molecule has 138 valence electrons. The molecule has 0 bridgehead atoms. The SMILES string of the molecule is CCn1cc(C2=CCN(C(=O)Nc3ccc(C)cc3)CC2)c2cccnc21. The minimum absolute atomic E-state index is 0.0493. The van der Waals surface area contributed by atoms with Gasteiger partial charge in [0, 0.05) is 48.7 Å². The number of hydrogen-bond donors (Lipinski definition) is 1. The van der Waals surface area contributed by atoms with Crippen molar-refractivity contribution < 1.29 is 4.79 Å². The van der Waals surface area contributed by atoms with Gasteiger partial charge in [0.05, 0.1) is 0 Å². The molecule has 1 N–H and O–H groups in total. The second kappa shape index (κ2) is 7.27. The van der Waals surface area contributed by atoms with Gasteiger partial charge < -0.3 is 14.8 Å². The third-order valence-corrected chi connectivity index (χ3v) is 5.12. The van der Waals surface area contributed by atoms with E-state index < -0.39 is 0 Å². The highest BCUT2D eigenvalue weighted by Crippen LogP contribution is 2.30. The molecule has 3 heterocycles. The zero-order valence-corrected chi connectivity index (χ0v) is 15.8. The minimum atomic E-state index is -0.0493. The van der Waals surface area contributed by atoms with Crippen molar-refractivity contribution in [1.29, 1.82) is 0 Å². The summed E-state index contributed by atoms with van der Waals surface area (Å²) < 4.78 is 2.18. The number of aromatic nitrogens is 2. The van der Waals surface area contributed by atoms with Crippen molar-refractivity contribution in [3.8, 4) is 0 Å². The lowest BCUT2D eigenvalue weighted by Gasteiger charge is -2.26. The number of rotatable bonds is 3. The molecule has 5 nitrogen and oxygen atoms in total. The molecule has 1 aromatic carbocycles. The van der Waals surface area contributed by atoms with Crippen molar-refractivity contribution in [1.82, 2.24) is 14.5 Å². The van der Waals surface area contributed by atoms with E-state index in [4.69, 9.17) is 0 Å². The number of nitrogens with zero attached hydrogens (tertiary/aromatic N) is 3. The van der Waals surface area contributed by atoms with Gasteiger partial charge in [-0.1, -0.05) is 23.8 Å². The van der Waals surface area contributed by atoms with E-state index in [2.05, 4.69) is 40.1 Å². The maximum absolute atomic E-state index is 12.5. The van der Waals surface area contributed by atoms with Crippen LogP contribution in [0.25, 0.3) is 16.6 Å². The van der Waals surface area contributed by atoms with Gasteiger partial charge in [0.1, 0.15) is 5.65 Å². The molecule has 5 heteroatoms. The number of aryl methyl sites for hydroxylation is 2. The van der Waals surface area contributed by atoms with Crippen molar-refractivity contribution in [2.24, 2.45) is 0 Å². The first kappa shape index (κ1) is 17.3. The highest BCUT2D eigenvalue weighted by atomic mass is 16.2. The van der Waals surface area contributed by atoms with Gasteiger partial charge in [-0.2, -0.15) is 0 Å². The van der Waals surface area contributed by atoms with Gasteiger partial charge in [0.15, 0.2) is 0 Å². The standard InChI is InChI=1S/C22H24N4O/c1-3-25-15-20(19-5-4-12-23-21(19)25)17-10-13-26(14-11-17)22(27)24-18-8-6-16(2)7-9-18/h4-10,12,15H,3,11,13-14H2,1-2H3,(H,24,27). The van der Waals surface area contributed by atoms with Crippen LogP contribution in [0.5, 0.6) is 0 Å². The zero-order chi connectivity index (χ0) is 18.8. The fourth-order valence-electron chi connectivity index (χ4n) is 3.56. The van der Waals surface area contributed by atoms with E-state index in [-0.39, 0.29) is 6.03 Å². The van der Waals surface area contributed by atoms with E-state index in [1.165, 1.54) is 22.1 Å². The average molecular weight is 360 g/mol. The van der Waals surface area contributed by atoms with E-state index in [0.29, 0.717) is 13.1 Å². The van der Waals surface area contributed by atoms with E-state index in [1.807, 2.05) is 48.4 Å². The van der Waals surface area contributed by atoms with E-state index in [9.17, 15) is 4.79 Å². The van der Waals surface area contributed by atoms with Crippen LogP contribution in [-0.2, 0) is 6.54 Å². The van der Waals surface area contributed by atoms with Gasteiger partial charge >= 0.3 is 6.03 Å². The molecule has 0 saturated carbocycles. The van der Waals surface area contributed by atoms with Gasteiger partial charge in [-0.15, -0.1) is 0 Å². The third-order valence-electron chi connectivity index (χ3n) is 5.12. The number of carbonyl (C=O) groups excluding carboxylic acids is 1. The predicted molar refractivity (Wildman–Crippen MR) is 110 cm³/mol. The van der Waals surface area contributed by atoms with Crippen LogP contribution >= 0.6 is 0 Å². The first-order chi connectivity index (χ1) is 13.2. The van der Waals surface area contributed by atoms with Crippen LogP contribution in [-0.4, -0.2) is 33.6 Å². The lowest BCUT2D eigenvalue weighted by atomic mass is 10.00. The van der Waals surface area contributed by atoms with E-state index in [1.54, 1.807) is 0 Å². The molecule has 0 saturated heterocycles. The number of amides is 2. The molecule has 3 aromatic rings. The number of benzene rings is 1. The summed E-state index contributed by atoms with van der Waals surface area (Å²) in [6.45, 7) is 6.39. The second-order valence-corrected chi connectivity index (χ2v) is 6.92. The molecule has 2 aromatic heterocycles. The summed E-state index contributed by atoms with van der Waals surface area (Å²) in [5, 5.41) is 4.16. The summed E-state index contributed by atoms with van der Waals surface area (Å²) in [5.41, 5.74) is 5.56. The van der Waals surface area contributed by atoms with Gasteiger partial charge in [-0.25, -0.2) is 9.78 Å². The summed E-state index contributed by atoms with van der Waals surface area (Å²) in [6.07, 6.45) is 7.04. The Kier molecular flexibility index (Phi) is 4.67. The molecule has 1 aliphatic heterocycles. The summed E-state index contributed by atoms with van der Waals surface area (Å²) in [4.78, 5) is 18.9. The normalized spacial score (nSPS) is 14.3. The Morgan fingerprint density at radius 1 is 1.22 bits per heavy atom. The molecule has 0 atom stereocenters. The Labute approximate surface area is 159 Å². The molecule has 4 rings (SSSR count). The molecule has 0 radical (unpaired) electrons. The number of fused-ring (bicyclic) bond motifs is 1. The molecule has 0 aliphatic carbocycles. The predicted octanol–water partition coefficient (Wildman–Crippen LogP) is 4.69. The number of carbonyl (C=O) groups is 1. The van der Waals surface area contributed by atoms with Gasteiger partial charge in [-0.3, -0.25) is 0 Å². The summed E-state index contributed by atoms with van der Waals surface area (Å²) in [7, 11) is 0. The molecule has 0 spiro atoms. The zero-order valence-electron chi connectivity index (χ0n) is 15.8. The maximum atomic E-state index is 12.5. The van der Waals surface area contributed by atoms with Crippen LogP contribution in [0.15, 0.2) is 54.9 Å². The monoisotopic (exact) mass is 360 g/mol. The van der Waals surface area contributed by atoms with Crippen molar-refractivity contribution in [2.45, 2.75) is 26.8 Å². The van der Waals surface area contributed by atoms with Crippen LogP contribution in [0.2, 0.25) is 0 Å². The van der Waals surface area contributed by atoms with Crippen LogP contribution in [0.4, 0.5) is 10.5 Å². The Hall–Kier alpha value is -3.08. The lowest BCUT2D eigenvalue weighted by molar-refractivity contribution is 0.217.